The number of likely N-dealkylation sites (N-methyl/N-ethyl adjacent to an activating group) is 1. The monoisotopic (exact) mass is 278 g/mol. The van der Waals surface area contributed by atoms with E-state index in [2.05, 4.69) is 9.80 Å². The van der Waals surface area contributed by atoms with Gasteiger partial charge in [0.05, 0.1) is 4.92 Å². The number of nitrogen functional groups attached to an aromatic ring is 1. The van der Waals surface area contributed by atoms with Gasteiger partial charge in [-0.15, -0.1) is 0 Å². The number of non-ortho nitro benzene ring substituents is 1. The fourth-order valence-electron chi connectivity index (χ4n) is 2.53. The summed E-state index contributed by atoms with van der Waals surface area (Å²) in [5, 5.41) is 10.8. The van der Waals surface area contributed by atoms with Gasteiger partial charge in [-0.1, -0.05) is 0 Å². The molecule has 2 rings (SSSR count). The lowest BCUT2D eigenvalue weighted by atomic mass is 10.1. The minimum absolute atomic E-state index is 0.0992. The summed E-state index contributed by atoms with van der Waals surface area (Å²) >= 11 is 0. The molecule has 0 bridgehead atoms. The molecular formula is C14H22N4O2. The van der Waals surface area contributed by atoms with E-state index in [1.807, 2.05) is 7.05 Å². The molecule has 0 aliphatic carbocycles. The van der Waals surface area contributed by atoms with Gasteiger partial charge in [-0.05, 0) is 44.6 Å². The molecule has 1 fully saturated rings. The number of nitrogens with zero attached hydrogens (tertiary/aromatic N) is 3. The lowest BCUT2D eigenvalue weighted by molar-refractivity contribution is -0.384. The van der Waals surface area contributed by atoms with Gasteiger partial charge in [0, 0.05) is 37.5 Å². The predicted octanol–water partition coefficient (Wildman–Crippen LogP) is 1.70. The molecule has 2 N–H and O–H groups in total. The van der Waals surface area contributed by atoms with Crippen molar-refractivity contribution in [1.82, 2.24) is 9.80 Å². The van der Waals surface area contributed by atoms with E-state index in [1.165, 1.54) is 32.0 Å². The molecular weight excluding hydrogens is 256 g/mol. The number of nitrogens with two attached hydrogens (primary N) is 1. The number of nitro groups is 1. The first-order valence-corrected chi connectivity index (χ1v) is 7.00. The molecule has 110 valence electrons. The second-order valence-corrected chi connectivity index (χ2v) is 5.43. The second-order valence-electron chi connectivity index (χ2n) is 5.43. The van der Waals surface area contributed by atoms with E-state index >= 15 is 0 Å². The van der Waals surface area contributed by atoms with Crippen molar-refractivity contribution in [2.75, 3.05) is 39.0 Å². The van der Waals surface area contributed by atoms with Crippen molar-refractivity contribution in [3.63, 3.8) is 0 Å². The Morgan fingerprint density at radius 2 is 2.10 bits per heavy atom. The molecule has 1 aliphatic rings. The lowest BCUT2D eigenvalue weighted by Crippen LogP contribution is -2.31. The summed E-state index contributed by atoms with van der Waals surface area (Å²) in [7, 11) is 2.02. The Morgan fingerprint density at radius 3 is 2.75 bits per heavy atom. The van der Waals surface area contributed by atoms with Gasteiger partial charge in [-0.25, -0.2) is 0 Å². The number of benzene rings is 1. The van der Waals surface area contributed by atoms with Crippen LogP contribution in [0.5, 0.6) is 0 Å². The third-order valence-electron chi connectivity index (χ3n) is 3.77. The van der Waals surface area contributed by atoms with Crippen molar-refractivity contribution in [1.29, 1.82) is 0 Å². The van der Waals surface area contributed by atoms with Crippen LogP contribution in [-0.4, -0.2) is 47.9 Å². The summed E-state index contributed by atoms with van der Waals surface area (Å²) in [6.07, 6.45) is 2.59. The first-order valence-electron chi connectivity index (χ1n) is 7.00. The molecule has 6 nitrogen and oxygen atoms in total. The van der Waals surface area contributed by atoms with Crippen molar-refractivity contribution in [2.24, 2.45) is 0 Å². The number of likely N-dealkylation sites (tertiary alicyclic amines) is 1. The highest BCUT2D eigenvalue weighted by molar-refractivity contribution is 5.52. The van der Waals surface area contributed by atoms with Crippen LogP contribution >= 0.6 is 0 Å². The number of hydrogen-bond donors (Lipinski definition) is 1. The highest BCUT2D eigenvalue weighted by Crippen LogP contribution is 2.20. The zero-order valence-electron chi connectivity index (χ0n) is 11.9. The second kappa shape index (κ2) is 6.67. The van der Waals surface area contributed by atoms with Gasteiger partial charge in [0.15, 0.2) is 0 Å². The predicted molar refractivity (Wildman–Crippen MR) is 79.5 cm³/mol. The molecule has 0 aromatic heterocycles. The number of hydrogen-bond acceptors (Lipinski definition) is 5. The first-order chi connectivity index (χ1) is 9.56. The van der Waals surface area contributed by atoms with Crippen LogP contribution in [0.4, 0.5) is 11.4 Å². The minimum atomic E-state index is -0.382. The molecule has 0 radical (unpaired) electrons. The Labute approximate surface area is 119 Å². The van der Waals surface area contributed by atoms with E-state index in [1.54, 1.807) is 12.1 Å². The van der Waals surface area contributed by atoms with Gasteiger partial charge in [0.1, 0.15) is 0 Å². The molecule has 6 heteroatoms. The average Bonchev–Trinajstić information content (AvgIpc) is 2.92. The number of rotatable bonds is 6. The maximum absolute atomic E-state index is 10.8. The van der Waals surface area contributed by atoms with Gasteiger partial charge in [-0.2, -0.15) is 0 Å². The maximum atomic E-state index is 10.8. The fourth-order valence-corrected chi connectivity index (χ4v) is 2.53. The topological polar surface area (TPSA) is 75.6 Å². The zero-order chi connectivity index (χ0) is 14.5. The van der Waals surface area contributed by atoms with Crippen molar-refractivity contribution < 1.29 is 4.92 Å². The smallest absolute Gasteiger partial charge is 0.269 e. The molecule has 0 atom stereocenters. The minimum Gasteiger partial charge on any atom is -0.398 e. The maximum Gasteiger partial charge on any atom is 0.269 e. The van der Waals surface area contributed by atoms with Gasteiger partial charge in [0.25, 0.3) is 5.69 Å². The third-order valence-corrected chi connectivity index (χ3v) is 3.77. The quantitative estimate of drug-likeness (QED) is 0.487. The zero-order valence-corrected chi connectivity index (χ0v) is 11.9. The van der Waals surface area contributed by atoms with Gasteiger partial charge >= 0.3 is 0 Å². The average molecular weight is 278 g/mol. The van der Waals surface area contributed by atoms with Crippen molar-refractivity contribution in [3.05, 3.63) is 33.9 Å². The molecule has 0 spiro atoms. The van der Waals surface area contributed by atoms with Crippen LogP contribution in [-0.2, 0) is 6.54 Å². The largest absolute Gasteiger partial charge is 0.398 e. The van der Waals surface area contributed by atoms with E-state index in [-0.39, 0.29) is 10.6 Å². The number of anilines is 1. The molecule has 20 heavy (non-hydrogen) atoms. The summed E-state index contributed by atoms with van der Waals surface area (Å²) in [5.74, 6) is 0. The van der Waals surface area contributed by atoms with Gasteiger partial charge < -0.3 is 15.5 Å². The Kier molecular flexibility index (Phi) is 4.92. The van der Waals surface area contributed by atoms with E-state index < -0.39 is 0 Å². The molecule has 0 saturated carbocycles. The van der Waals surface area contributed by atoms with Gasteiger partial charge in [-0.3, -0.25) is 10.1 Å². The van der Waals surface area contributed by atoms with Crippen molar-refractivity contribution in [3.8, 4) is 0 Å². The molecule has 1 aromatic rings. The van der Waals surface area contributed by atoms with E-state index in [0.29, 0.717) is 12.2 Å². The van der Waals surface area contributed by atoms with Crippen LogP contribution in [0.1, 0.15) is 18.4 Å². The fraction of sp³-hybridized carbons (Fsp3) is 0.571. The van der Waals surface area contributed by atoms with Crippen LogP contribution in [0.3, 0.4) is 0 Å². The Morgan fingerprint density at radius 1 is 1.40 bits per heavy atom. The molecule has 1 saturated heterocycles. The van der Waals surface area contributed by atoms with E-state index in [4.69, 9.17) is 5.73 Å². The molecule has 0 unspecified atom stereocenters. The summed E-state index contributed by atoms with van der Waals surface area (Å²) < 4.78 is 0. The summed E-state index contributed by atoms with van der Waals surface area (Å²) in [6, 6.07) is 4.63. The molecule has 1 aromatic carbocycles. The Balaban J connectivity index is 1.90. The first kappa shape index (κ1) is 14.7. The molecule has 0 amide bonds. The van der Waals surface area contributed by atoms with Crippen LogP contribution in [0.25, 0.3) is 0 Å². The molecule has 1 aliphatic heterocycles. The van der Waals surface area contributed by atoms with Crippen molar-refractivity contribution >= 4 is 11.4 Å². The van der Waals surface area contributed by atoms with E-state index in [9.17, 15) is 10.1 Å². The Hall–Kier alpha value is -1.66. The van der Waals surface area contributed by atoms with Crippen LogP contribution in [0.2, 0.25) is 0 Å². The SMILES string of the molecule is CN(CCN1CCCC1)Cc1cc([N+](=O)[O-])ccc1N. The number of nitro benzene ring substituents is 1. The highest BCUT2D eigenvalue weighted by atomic mass is 16.6. The standard InChI is InChI=1S/C14H22N4O2/c1-16(8-9-17-6-2-3-7-17)11-12-10-13(18(19)20)4-5-14(12)15/h4-5,10H,2-3,6-9,11,15H2,1H3. The highest BCUT2D eigenvalue weighted by Gasteiger charge is 2.14. The van der Waals surface area contributed by atoms with E-state index in [0.717, 1.165) is 18.7 Å². The lowest BCUT2D eigenvalue weighted by Gasteiger charge is -2.21. The van der Waals surface area contributed by atoms with Crippen LogP contribution < -0.4 is 5.73 Å². The van der Waals surface area contributed by atoms with Crippen LogP contribution in [0, 0.1) is 10.1 Å². The van der Waals surface area contributed by atoms with Gasteiger partial charge in [0.2, 0.25) is 0 Å². The summed E-state index contributed by atoms with van der Waals surface area (Å²) in [4.78, 5) is 15.0. The van der Waals surface area contributed by atoms with Crippen molar-refractivity contribution in [2.45, 2.75) is 19.4 Å². The van der Waals surface area contributed by atoms with Crippen LogP contribution in [0.15, 0.2) is 18.2 Å². The summed E-state index contributed by atoms with van der Waals surface area (Å²) in [5.41, 5.74) is 7.43. The molecule has 1 heterocycles. The normalized spacial score (nSPS) is 15.9. The Bertz CT molecular complexity index is 472. The third kappa shape index (κ3) is 3.91. The summed E-state index contributed by atoms with van der Waals surface area (Å²) in [6.45, 7) is 5.01.